The first-order chi connectivity index (χ1) is 14.2. The molecule has 0 bridgehead atoms. The maximum absolute atomic E-state index is 5.80. The first-order valence-electron chi connectivity index (χ1n) is 11.2. The summed E-state index contributed by atoms with van der Waals surface area (Å²) in [6.07, 6.45) is 4.91. The standard InChI is InChI=1S/C23H38N4O2.HI/c1-19-7-11-27(12-8-19)17-21-6-3-5-20(15-21)16-26-23(24-2)25-10-4-13-29-22-9-14-28-18-22;/h3,5-6,15,19,22H,4,7-14,16-18H2,1-2H3,(H2,24,25,26);1H. The Morgan fingerprint density at radius 1 is 1.20 bits per heavy atom. The zero-order valence-electron chi connectivity index (χ0n) is 18.6. The molecule has 7 heteroatoms. The summed E-state index contributed by atoms with van der Waals surface area (Å²) in [5.41, 5.74) is 2.69. The van der Waals surface area contributed by atoms with Gasteiger partial charge in [-0.3, -0.25) is 9.89 Å². The highest BCUT2D eigenvalue weighted by Crippen LogP contribution is 2.18. The average Bonchev–Trinajstić information content (AvgIpc) is 3.25. The van der Waals surface area contributed by atoms with Gasteiger partial charge in [0, 0.05) is 39.9 Å². The van der Waals surface area contributed by atoms with Gasteiger partial charge in [-0.15, -0.1) is 24.0 Å². The van der Waals surface area contributed by atoms with Crippen LogP contribution in [0.15, 0.2) is 29.3 Å². The van der Waals surface area contributed by atoms with Crippen molar-refractivity contribution in [3.8, 4) is 0 Å². The first-order valence-corrected chi connectivity index (χ1v) is 11.2. The van der Waals surface area contributed by atoms with Crippen molar-refractivity contribution in [1.29, 1.82) is 0 Å². The number of nitrogens with one attached hydrogen (secondary N) is 2. The van der Waals surface area contributed by atoms with Gasteiger partial charge in [0.2, 0.25) is 0 Å². The molecule has 2 heterocycles. The number of likely N-dealkylation sites (tertiary alicyclic amines) is 1. The number of hydrogen-bond acceptors (Lipinski definition) is 4. The predicted octanol–water partition coefficient (Wildman–Crippen LogP) is 3.40. The molecule has 2 saturated heterocycles. The summed E-state index contributed by atoms with van der Waals surface area (Å²) in [5.74, 6) is 1.72. The number of rotatable bonds is 9. The van der Waals surface area contributed by atoms with Crippen LogP contribution in [0.2, 0.25) is 0 Å². The molecule has 2 aliphatic heterocycles. The molecule has 0 spiro atoms. The van der Waals surface area contributed by atoms with Crippen molar-refractivity contribution in [3.05, 3.63) is 35.4 Å². The van der Waals surface area contributed by atoms with Gasteiger partial charge in [-0.05, 0) is 55.8 Å². The minimum absolute atomic E-state index is 0. The van der Waals surface area contributed by atoms with Gasteiger partial charge < -0.3 is 20.1 Å². The molecule has 0 saturated carbocycles. The molecule has 2 N–H and O–H groups in total. The third-order valence-corrected chi connectivity index (χ3v) is 5.81. The Bertz CT molecular complexity index is 629. The second-order valence-electron chi connectivity index (χ2n) is 8.34. The summed E-state index contributed by atoms with van der Waals surface area (Å²) in [6, 6.07) is 8.90. The predicted molar refractivity (Wildman–Crippen MR) is 134 cm³/mol. The van der Waals surface area contributed by atoms with E-state index in [-0.39, 0.29) is 30.1 Å². The van der Waals surface area contributed by atoms with E-state index in [1.54, 1.807) is 0 Å². The summed E-state index contributed by atoms with van der Waals surface area (Å²) in [5, 5.41) is 6.79. The molecule has 0 amide bonds. The first kappa shape index (κ1) is 25.4. The average molecular weight is 530 g/mol. The number of nitrogens with zero attached hydrogens (tertiary/aromatic N) is 2. The van der Waals surface area contributed by atoms with Crippen LogP contribution in [0.25, 0.3) is 0 Å². The van der Waals surface area contributed by atoms with Crippen molar-refractivity contribution < 1.29 is 9.47 Å². The van der Waals surface area contributed by atoms with E-state index in [0.717, 1.165) is 64.2 Å². The largest absolute Gasteiger partial charge is 0.379 e. The van der Waals surface area contributed by atoms with E-state index in [1.165, 1.54) is 37.1 Å². The van der Waals surface area contributed by atoms with Gasteiger partial charge in [0.1, 0.15) is 0 Å². The normalized spacial score (nSPS) is 20.7. The minimum atomic E-state index is 0. The smallest absolute Gasteiger partial charge is 0.191 e. The van der Waals surface area contributed by atoms with Gasteiger partial charge in [-0.25, -0.2) is 0 Å². The van der Waals surface area contributed by atoms with Gasteiger partial charge in [0.15, 0.2) is 5.96 Å². The van der Waals surface area contributed by atoms with Crippen LogP contribution in [0.3, 0.4) is 0 Å². The van der Waals surface area contributed by atoms with Gasteiger partial charge in [-0.1, -0.05) is 31.2 Å². The second-order valence-corrected chi connectivity index (χ2v) is 8.34. The third kappa shape index (κ3) is 9.08. The maximum atomic E-state index is 5.80. The lowest BCUT2D eigenvalue weighted by atomic mass is 9.98. The summed E-state index contributed by atoms with van der Waals surface area (Å²) >= 11 is 0. The van der Waals surface area contributed by atoms with E-state index in [4.69, 9.17) is 9.47 Å². The Labute approximate surface area is 199 Å². The lowest BCUT2D eigenvalue weighted by Crippen LogP contribution is -2.37. The highest BCUT2D eigenvalue weighted by molar-refractivity contribution is 14.0. The third-order valence-electron chi connectivity index (χ3n) is 5.81. The lowest BCUT2D eigenvalue weighted by molar-refractivity contribution is 0.0420. The monoisotopic (exact) mass is 530 g/mol. The Kier molecular flexibility index (Phi) is 12.0. The summed E-state index contributed by atoms with van der Waals surface area (Å²) in [6.45, 7) is 9.82. The van der Waals surface area contributed by atoms with E-state index in [9.17, 15) is 0 Å². The Balaban J connectivity index is 0.00000320. The van der Waals surface area contributed by atoms with Gasteiger partial charge in [0.25, 0.3) is 0 Å². The number of halogens is 1. The Hall–Kier alpha value is -0.900. The molecule has 2 aliphatic rings. The van der Waals surface area contributed by atoms with Crippen LogP contribution in [-0.2, 0) is 22.6 Å². The highest BCUT2D eigenvalue weighted by Gasteiger charge is 2.16. The topological polar surface area (TPSA) is 58.1 Å². The van der Waals surface area contributed by atoms with E-state index >= 15 is 0 Å². The molecule has 1 unspecified atom stereocenters. The van der Waals surface area contributed by atoms with E-state index in [0.29, 0.717) is 0 Å². The van der Waals surface area contributed by atoms with Gasteiger partial charge in [-0.2, -0.15) is 0 Å². The molecule has 0 radical (unpaired) electrons. The molecule has 3 rings (SSSR count). The van der Waals surface area contributed by atoms with Crippen molar-refractivity contribution in [3.63, 3.8) is 0 Å². The van der Waals surface area contributed by atoms with Crippen LogP contribution < -0.4 is 10.6 Å². The fourth-order valence-corrected chi connectivity index (χ4v) is 3.90. The summed E-state index contributed by atoms with van der Waals surface area (Å²) < 4.78 is 11.1. The molecule has 0 aliphatic carbocycles. The number of hydrogen-bond donors (Lipinski definition) is 2. The molecule has 1 atom stereocenters. The minimum Gasteiger partial charge on any atom is -0.379 e. The fraction of sp³-hybridized carbons (Fsp3) is 0.696. The number of ether oxygens (including phenoxy) is 2. The molecular formula is C23H39IN4O2. The van der Waals surface area contributed by atoms with E-state index in [1.807, 2.05) is 7.05 Å². The highest BCUT2D eigenvalue weighted by atomic mass is 127. The van der Waals surface area contributed by atoms with Gasteiger partial charge in [0.05, 0.1) is 12.7 Å². The molecule has 0 aromatic heterocycles. The molecular weight excluding hydrogens is 491 g/mol. The number of piperidine rings is 1. The molecule has 6 nitrogen and oxygen atoms in total. The second kappa shape index (κ2) is 14.2. The summed E-state index contributed by atoms with van der Waals surface area (Å²) in [4.78, 5) is 6.90. The van der Waals surface area contributed by atoms with Crippen LogP contribution in [-0.4, -0.2) is 63.5 Å². The number of aliphatic imine (C=N–C) groups is 1. The summed E-state index contributed by atoms with van der Waals surface area (Å²) in [7, 11) is 1.81. The van der Waals surface area contributed by atoms with Crippen molar-refractivity contribution in [2.24, 2.45) is 10.9 Å². The maximum Gasteiger partial charge on any atom is 0.191 e. The fourth-order valence-electron chi connectivity index (χ4n) is 3.90. The molecule has 1 aromatic rings. The molecule has 170 valence electrons. The molecule has 30 heavy (non-hydrogen) atoms. The molecule has 2 fully saturated rings. The molecule has 1 aromatic carbocycles. The van der Waals surface area contributed by atoms with Crippen molar-refractivity contribution in [2.75, 3.05) is 46.5 Å². The van der Waals surface area contributed by atoms with Crippen LogP contribution in [0, 0.1) is 5.92 Å². The van der Waals surface area contributed by atoms with Crippen LogP contribution in [0.5, 0.6) is 0 Å². The van der Waals surface area contributed by atoms with Gasteiger partial charge >= 0.3 is 0 Å². The van der Waals surface area contributed by atoms with E-state index in [2.05, 4.69) is 51.7 Å². The number of guanidine groups is 1. The van der Waals surface area contributed by atoms with E-state index < -0.39 is 0 Å². The lowest BCUT2D eigenvalue weighted by Gasteiger charge is -2.30. The van der Waals surface area contributed by atoms with Crippen molar-refractivity contribution in [1.82, 2.24) is 15.5 Å². The Morgan fingerprint density at radius 2 is 2.00 bits per heavy atom. The zero-order valence-corrected chi connectivity index (χ0v) is 20.9. The van der Waals surface area contributed by atoms with Crippen LogP contribution >= 0.6 is 24.0 Å². The van der Waals surface area contributed by atoms with Crippen LogP contribution in [0.4, 0.5) is 0 Å². The zero-order chi connectivity index (χ0) is 20.3. The SMILES string of the molecule is CN=C(NCCCOC1CCOC1)NCc1cccc(CN2CCC(C)CC2)c1.I. The van der Waals surface area contributed by atoms with Crippen LogP contribution in [0.1, 0.15) is 43.7 Å². The number of benzene rings is 1. The van der Waals surface area contributed by atoms with Crippen molar-refractivity contribution >= 4 is 29.9 Å². The quantitative estimate of drug-likeness (QED) is 0.222. The van der Waals surface area contributed by atoms with Crippen molar-refractivity contribution in [2.45, 2.75) is 51.8 Å². The Morgan fingerprint density at radius 3 is 2.73 bits per heavy atom.